The molecule has 0 amide bonds. The van der Waals surface area contributed by atoms with Gasteiger partial charge in [-0.15, -0.1) is 0 Å². The first-order chi connectivity index (χ1) is 15.1. The van der Waals surface area contributed by atoms with Crippen molar-refractivity contribution in [3.63, 3.8) is 0 Å². The summed E-state index contributed by atoms with van der Waals surface area (Å²) in [5.74, 6) is 1.22. The molecule has 3 aromatic carbocycles. The molecule has 5 heteroatoms. The van der Waals surface area contributed by atoms with Crippen LogP contribution in [0.2, 0.25) is 10.0 Å². The van der Waals surface area contributed by atoms with Gasteiger partial charge in [0.25, 0.3) is 0 Å². The highest BCUT2D eigenvalue weighted by atomic mass is 35.5. The second kappa shape index (κ2) is 12.0. The van der Waals surface area contributed by atoms with Crippen LogP contribution in [-0.2, 0) is 13.2 Å². The van der Waals surface area contributed by atoms with Crippen molar-refractivity contribution in [3.8, 4) is 11.5 Å². The predicted molar refractivity (Wildman–Crippen MR) is 129 cm³/mol. The molecule has 0 aliphatic rings. The van der Waals surface area contributed by atoms with Crippen LogP contribution in [0.5, 0.6) is 11.5 Å². The van der Waals surface area contributed by atoms with E-state index < -0.39 is 0 Å². The summed E-state index contributed by atoms with van der Waals surface area (Å²) >= 11 is 12.6. The Bertz CT molecular complexity index is 946. The molecule has 1 unspecified atom stereocenters. The summed E-state index contributed by atoms with van der Waals surface area (Å²) < 4.78 is 11.9. The fraction of sp³-hybridized carbons (Fsp3) is 0.308. The summed E-state index contributed by atoms with van der Waals surface area (Å²) in [5.41, 5.74) is 3.37. The van der Waals surface area contributed by atoms with Crippen molar-refractivity contribution in [1.82, 2.24) is 5.32 Å². The standard InChI is InChI=1S/C26H29Cl2NO2/c1-3-8-24(21-9-6-5-7-10-21)29-17-20-15-23(28)26(25(16-20)30-4-2)31-18-19-11-13-22(27)14-12-19/h5-7,9-16,24,29H,3-4,8,17-18H2,1-2H3. The molecule has 0 heterocycles. The van der Waals surface area contributed by atoms with Gasteiger partial charge in [0.2, 0.25) is 0 Å². The monoisotopic (exact) mass is 457 g/mol. The van der Waals surface area contributed by atoms with Crippen molar-refractivity contribution in [2.75, 3.05) is 6.61 Å². The maximum Gasteiger partial charge on any atom is 0.180 e. The largest absolute Gasteiger partial charge is 0.490 e. The minimum absolute atomic E-state index is 0.293. The zero-order chi connectivity index (χ0) is 22.1. The Labute approximate surface area is 195 Å². The zero-order valence-electron chi connectivity index (χ0n) is 18.0. The fourth-order valence-corrected chi connectivity index (χ4v) is 3.88. The molecule has 0 saturated carbocycles. The minimum Gasteiger partial charge on any atom is -0.490 e. The lowest BCUT2D eigenvalue weighted by atomic mass is 10.0. The second-order valence-electron chi connectivity index (χ2n) is 7.39. The van der Waals surface area contributed by atoms with E-state index in [0.29, 0.717) is 47.3 Å². The molecular formula is C26H29Cl2NO2. The number of hydrogen-bond donors (Lipinski definition) is 1. The maximum absolute atomic E-state index is 6.60. The molecule has 0 aromatic heterocycles. The highest BCUT2D eigenvalue weighted by Crippen LogP contribution is 2.37. The molecule has 0 radical (unpaired) electrons. The number of rotatable bonds is 11. The van der Waals surface area contributed by atoms with E-state index in [1.54, 1.807) is 0 Å². The van der Waals surface area contributed by atoms with Crippen LogP contribution in [0.25, 0.3) is 0 Å². The van der Waals surface area contributed by atoms with Crippen LogP contribution in [0.3, 0.4) is 0 Å². The molecule has 1 atom stereocenters. The van der Waals surface area contributed by atoms with Crippen LogP contribution in [0.1, 0.15) is 49.4 Å². The van der Waals surface area contributed by atoms with Gasteiger partial charge in [-0.2, -0.15) is 0 Å². The van der Waals surface area contributed by atoms with Gasteiger partial charge in [0.1, 0.15) is 6.61 Å². The Morgan fingerprint density at radius 3 is 2.29 bits per heavy atom. The van der Waals surface area contributed by atoms with Crippen molar-refractivity contribution in [3.05, 3.63) is 93.5 Å². The smallest absolute Gasteiger partial charge is 0.180 e. The van der Waals surface area contributed by atoms with E-state index in [2.05, 4.69) is 36.5 Å². The zero-order valence-corrected chi connectivity index (χ0v) is 19.5. The van der Waals surface area contributed by atoms with E-state index in [-0.39, 0.29) is 0 Å². The molecule has 0 spiro atoms. The van der Waals surface area contributed by atoms with Crippen molar-refractivity contribution in [1.29, 1.82) is 0 Å². The normalized spacial score (nSPS) is 11.9. The molecule has 1 N–H and O–H groups in total. The molecule has 0 bridgehead atoms. The summed E-state index contributed by atoms with van der Waals surface area (Å²) in [6, 6.07) is 22.4. The summed E-state index contributed by atoms with van der Waals surface area (Å²) in [5, 5.41) is 4.91. The van der Waals surface area contributed by atoms with Crippen LogP contribution in [0, 0.1) is 0 Å². The average Bonchev–Trinajstić information content (AvgIpc) is 2.78. The Balaban J connectivity index is 1.73. The Morgan fingerprint density at radius 1 is 0.871 bits per heavy atom. The van der Waals surface area contributed by atoms with Gasteiger partial charge in [-0.1, -0.05) is 79.0 Å². The van der Waals surface area contributed by atoms with E-state index >= 15 is 0 Å². The Morgan fingerprint density at radius 2 is 1.61 bits per heavy atom. The van der Waals surface area contributed by atoms with E-state index in [4.69, 9.17) is 32.7 Å². The lowest BCUT2D eigenvalue weighted by Gasteiger charge is -2.20. The number of nitrogens with one attached hydrogen (secondary N) is 1. The summed E-state index contributed by atoms with van der Waals surface area (Å²) in [4.78, 5) is 0. The number of halogens is 2. The highest BCUT2D eigenvalue weighted by molar-refractivity contribution is 6.32. The van der Waals surface area contributed by atoms with Crippen LogP contribution < -0.4 is 14.8 Å². The van der Waals surface area contributed by atoms with Crippen LogP contribution >= 0.6 is 23.2 Å². The predicted octanol–water partition coefficient (Wildman–Crippen LogP) is 7.60. The van der Waals surface area contributed by atoms with E-state index in [1.165, 1.54) is 5.56 Å². The van der Waals surface area contributed by atoms with Gasteiger partial charge in [-0.3, -0.25) is 0 Å². The second-order valence-corrected chi connectivity index (χ2v) is 8.23. The Hall–Kier alpha value is -2.20. The highest BCUT2D eigenvalue weighted by Gasteiger charge is 2.15. The molecule has 0 saturated heterocycles. The number of hydrogen-bond acceptors (Lipinski definition) is 3. The van der Waals surface area contributed by atoms with Gasteiger partial charge in [0.15, 0.2) is 11.5 Å². The first-order valence-electron chi connectivity index (χ1n) is 10.7. The Kier molecular flexibility index (Phi) is 9.08. The molecule has 0 aliphatic carbocycles. The van der Waals surface area contributed by atoms with Gasteiger partial charge in [-0.25, -0.2) is 0 Å². The number of benzene rings is 3. The minimum atomic E-state index is 0.293. The van der Waals surface area contributed by atoms with Crippen molar-refractivity contribution in [2.45, 2.75) is 45.9 Å². The third-order valence-corrected chi connectivity index (χ3v) is 5.53. The van der Waals surface area contributed by atoms with Gasteiger partial charge < -0.3 is 14.8 Å². The molecule has 3 aromatic rings. The maximum atomic E-state index is 6.60. The van der Waals surface area contributed by atoms with Gasteiger partial charge in [0, 0.05) is 17.6 Å². The molecule has 3 nitrogen and oxygen atoms in total. The lowest BCUT2D eigenvalue weighted by molar-refractivity contribution is 0.269. The molecule has 164 valence electrons. The van der Waals surface area contributed by atoms with Crippen molar-refractivity contribution >= 4 is 23.2 Å². The van der Waals surface area contributed by atoms with Crippen LogP contribution in [0.15, 0.2) is 66.7 Å². The fourth-order valence-electron chi connectivity index (χ4n) is 3.46. The molecular weight excluding hydrogens is 429 g/mol. The SMILES string of the molecule is CCCC(NCc1cc(Cl)c(OCc2ccc(Cl)cc2)c(OCC)c1)c1ccccc1. The van der Waals surface area contributed by atoms with Gasteiger partial charge >= 0.3 is 0 Å². The molecule has 31 heavy (non-hydrogen) atoms. The summed E-state index contributed by atoms with van der Waals surface area (Å²) in [6.45, 7) is 5.77. The first-order valence-corrected chi connectivity index (χ1v) is 11.5. The van der Waals surface area contributed by atoms with Gasteiger partial charge in [0.05, 0.1) is 11.6 Å². The van der Waals surface area contributed by atoms with Gasteiger partial charge in [-0.05, 0) is 54.3 Å². The third kappa shape index (κ3) is 6.90. The quantitative estimate of drug-likeness (QED) is 0.321. The number of ether oxygens (including phenoxy) is 2. The van der Waals surface area contributed by atoms with Crippen molar-refractivity contribution in [2.24, 2.45) is 0 Å². The summed E-state index contributed by atoms with van der Waals surface area (Å²) in [7, 11) is 0. The van der Waals surface area contributed by atoms with Crippen LogP contribution in [-0.4, -0.2) is 6.61 Å². The molecule has 0 aliphatic heterocycles. The van der Waals surface area contributed by atoms with E-state index in [1.807, 2.05) is 49.4 Å². The third-order valence-electron chi connectivity index (χ3n) is 5.00. The summed E-state index contributed by atoms with van der Waals surface area (Å²) in [6.07, 6.45) is 2.17. The molecule has 3 rings (SSSR count). The van der Waals surface area contributed by atoms with E-state index in [0.717, 1.165) is 24.0 Å². The van der Waals surface area contributed by atoms with Crippen molar-refractivity contribution < 1.29 is 9.47 Å². The van der Waals surface area contributed by atoms with Crippen LogP contribution in [0.4, 0.5) is 0 Å². The topological polar surface area (TPSA) is 30.5 Å². The van der Waals surface area contributed by atoms with E-state index in [9.17, 15) is 0 Å². The lowest BCUT2D eigenvalue weighted by Crippen LogP contribution is -2.21. The average molecular weight is 458 g/mol. The first kappa shape index (κ1) is 23.5. The molecule has 0 fully saturated rings.